The maximum Gasteiger partial charge on any atom is 0.239 e. The average molecular weight is 432 g/mol. The molecular weight excluding hydrogens is 406 g/mol. The molecule has 1 aliphatic rings. The number of amides is 1. The van der Waals surface area contributed by atoms with E-state index in [1.165, 1.54) is 4.88 Å². The number of aromatic nitrogens is 2. The minimum atomic E-state index is -0.00982. The van der Waals surface area contributed by atoms with Gasteiger partial charge in [0.2, 0.25) is 5.91 Å². The van der Waals surface area contributed by atoms with Crippen LogP contribution < -0.4 is 10.2 Å². The van der Waals surface area contributed by atoms with Gasteiger partial charge in [0.1, 0.15) is 16.5 Å². The van der Waals surface area contributed by atoms with Gasteiger partial charge in [-0.25, -0.2) is 9.97 Å². The number of carbonyl (C=O) groups is 1. The van der Waals surface area contributed by atoms with Crippen LogP contribution in [0, 0.1) is 0 Å². The number of morpholine rings is 1. The lowest BCUT2D eigenvalue weighted by Crippen LogP contribution is -2.37. The standard InChI is InChI=1S/C20H25N5O2S2/c1-3-21-17(26)12-24(2)19-18-14(15-5-4-10-28-15)13-29-20(18)23-16(22-19)11-25-6-8-27-9-7-25/h4-5,10,13H,3,6-9,11-12H2,1-2H3,(H,21,26). The van der Waals surface area contributed by atoms with E-state index < -0.39 is 0 Å². The first-order valence-electron chi connectivity index (χ1n) is 9.75. The largest absolute Gasteiger partial charge is 0.379 e. The summed E-state index contributed by atoms with van der Waals surface area (Å²) in [5.41, 5.74) is 1.13. The molecule has 1 N–H and O–H groups in total. The summed E-state index contributed by atoms with van der Waals surface area (Å²) in [5.74, 6) is 1.59. The van der Waals surface area contributed by atoms with Crippen LogP contribution in [0.3, 0.4) is 0 Å². The molecule has 0 aromatic carbocycles. The molecule has 0 spiro atoms. The van der Waals surface area contributed by atoms with Gasteiger partial charge in [-0.15, -0.1) is 22.7 Å². The van der Waals surface area contributed by atoms with Crippen molar-refractivity contribution in [1.29, 1.82) is 0 Å². The van der Waals surface area contributed by atoms with Crippen LogP contribution in [0.2, 0.25) is 0 Å². The highest BCUT2D eigenvalue weighted by atomic mass is 32.1. The van der Waals surface area contributed by atoms with E-state index in [0.717, 1.165) is 53.7 Å². The van der Waals surface area contributed by atoms with Gasteiger partial charge in [0, 0.05) is 42.5 Å². The number of nitrogens with zero attached hydrogens (tertiary/aromatic N) is 4. The topological polar surface area (TPSA) is 70.6 Å². The summed E-state index contributed by atoms with van der Waals surface area (Å²) in [4.78, 5) is 28.4. The highest BCUT2D eigenvalue weighted by Gasteiger charge is 2.21. The number of likely N-dealkylation sites (N-methyl/N-ethyl adjacent to an activating group) is 2. The number of hydrogen-bond donors (Lipinski definition) is 1. The van der Waals surface area contributed by atoms with Crippen LogP contribution in [0.25, 0.3) is 20.7 Å². The summed E-state index contributed by atoms with van der Waals surface area (Å²) in [6.07, 6.45) is 0. The second-order valence-corrected chi connectivity index (χ2v) is 8.77. The summed E-state index contributed by atoms with van der Waals surface area (Å²) < 4.78 is 5.45. The zero-order valence-corrected chi connectivity index (χ0v) is 18.3. The molecule has 0 bridgehead atoms. The SMILES string of the molecule is CCNC(=O)CN(C)c1nc(CN2CCOCC2)nc2scc(-c3cccs3)c12. The molecule has 1 fully saturated rings. The minimum Gasteiger partial charge on any atom is -0.379 e. The molecule has 3 aromatic heterocycles. The van der Waals surface area contributed by atoms with Crippen molar-refractivity contribution >= 4 is 44.6 Å². The monoisotopic (exact) mass is 431 g/mol. The molecule has 0 saturated carbocycles. The summed E-state index contributed by atoms with van der Waals surface area (Å²) in [7, 11) is 1.92. The maximum atomic E-state index is 12.2. The fourth-order valence-electron chi connectivity index (χ4n) is 3.43. The molecule has 9 heteroatoms. The molecule has 4 heterocycles. The normalized spacial score (nSPS) is 15.0. The summed E-state index contributed by atoms with van der Waals surface area (Å²) in [6.45, 7) is 6.75. The van der Waals surface area contributed by atoms with Crippen molar-refractivity contribution in [2.75, 3.05) is 51.3 Å². The zero-order valence-electron chi connectivity index (χ0n) is 16.7. The van der Waals surface area contributed by atoms with Gasteiger partial charge >= 0.3 is 0 Å². The van der Waals surface area contributed by atoms with E-state index in [-0.39, 0.29) is 12.5 Å². The number of rotatable bonds is 7. The minimum absolute atomic E-state index is 0.00982. The van der Waals surface area contributed by atoms with Gasteiger partial charge in [0.15, 0.2) is 0 Å². The van der Waals surface area contributed by atoms with Gasteiger partial charge < -0.3 is 15.0 Å². The zero-order chi connectivity index (χ0) is 20.2. The first kappa shape index (κ1) is 20.2. The molecule has 1 saturated heterocycles. The Morgan fingerprint density at radius 2 is 2.14 bits per heavy atom. The van der Waals surface area contributed by atoms with E-state index in [4.69, 9.17) is 14.7 Å². The Morgan fingerprint density at radius 1 is 1.31 bits per heavy atom. The van der Waals surface area contributed by atoms with E-state index in [9.17, 15) is 4.79 Å². The van der Waals surface area contributed by atoms with Gasteiger partial charge in [-0.05, 0) is 18.4 Å². The van der Waals surface area contributed by atoms with Gasteiger partial charge in [-0.2, -0.15) is 0 Å². The molecule has 154 valence electrons. The van der Waals surface area contributed by atoms with Crippen LogP contribution in [0.15, 0.2) is 22.9 Å². The van der Waals surface area contributed by atoms with Gasteiger partial charge in [0.05, 0.1) is 31.7 Å². The van der Waals surface area contributed by atoms with E-state index in [2.05, 4.69) is 33.1 Å². The van der Waals surface area contributed by atoms with Crippen LogP contribution in [0.4, 0.5) is 5.82 Å². The van der Waals surface area contributed by atoms with Crippen molar-refractivity contribution in [2.45, 2.75) is 13.5 Å². The first-order valence-corrected chi connectivity index (χ1v) is 11.5. The molecular formula is C20H25N5O2S2. The fourth-order valence-corrected chi connectivity index (χ4v) is 5.20. The van der Waals surface area contributed by atoms with Crippen molar-refractivity contribution in [2.24, 2.45) is 0 Å². The first-order chi connectivity index (χ1) is 14.2. The molecule has 7 nitrogen and oxygen atoms in total. The highest BCUT2D eigenvalue weighted by molar-refractivity contribution is 7.18. The van der Waals surface area contributed by atoms with Crippen molar-refractivity contribution in [1.82, 2.24) is 20.2 Å². The average Bonchev–Trinajstić information content (AvgIpc) is 3.37. The van der Waals surface area contributed by atoms with Gasteiger partial charge in [-0.1, -0.05) is 6.07 Å². The predicted octanol–water partition coefficient (Wildman–Crippen LogP) is 2.82. The molecule has 4 rings (SSSR count). The lowest BCUT2D eigenvalue weighted by molar-refractivity contribution is -0.119. The molecule has 0 aliphatic carbocycles. The fraction of sp³-hybridized carbons (Fsp3) is 0.450. The third-order valence-corrected chi connectivity index (χ3v) is 6.61. The summed E-state index contributed by atoms with van der Waals surface area (Å²) in [6, 6.07) is 4.16. The maximum absolute atomic E-state index is 12.2. The van der Waals surface area contributed by atoms with Crippen molar-refractivity contribution < 1.29 is 9.53 Å². The van der Waals surface area contributed by atoms with E-state index in [0.29, 0.717) is 13.1 Å². The van der Waals surface area contributed by atoms with E-state index >= 15 is 0 Å². The smallest absolute Gasteiger partial charge is 0.239 e. The molecule has 3 aromatic rings. The molecule has 0 unspecified atom stereocenters. The second-order valence-electron chi connectivity index (χ2n) is 6.97. The Morgan fingerprint density at radius 3 is 2.86 bits per heavy atom. The molecule has 0 radical (unpaired) electrons. The van der Waals surface area contributed by atoms with Crippen molar-refractivity contribution in [3.8, 4) is 10.4 Å². The molecule has 1 aliphatic heterocycles. The lowest BCUT2D eigenvalue weighted by Gasteiger charge is -2.26. The van der Waals surface area contributed by atoms with E-state index in [1.807, 2.05) is 18.9 Å². The van der Waals surface area contributed by atoms with Crippen LogP contribution in [-0.2, 0) is 16.1 Å². The Bertz CT molecular complexity index is 967. The Labute approximate surface area is 178 Å². The van der Waals surface area contributed by atoms with E-state index in [1.54, 1.807) is 22.7 Å². The number of anilines is 1. The van der Waals surface area contributed by atoms with Crippen molar-refractivity contribution in [3.05, 3.63) is 28.7 Å². The predicted molar refractivity (Wildman–Crippen MR) is 119 cm³/mol. The highest BCUT2D eigenvalue weighted by Crippen LogP contribution is 2.39. The lowest BCUT2D eigenvalue weighted by atomic mass is 10.2. The third kappa shape index (κ3) is 4.58. The van der Waals surface area contributed by atoms with Crippen LogP contribution >= 0.6 is 22.7 Å². The molecule has 1 amide bonds. The number of nitrogens with one attached hydrogen (secondary N) is 1. The number of ether oxygens (including phenoxy) is 1. The quantitative estimate of drug-likeness (QED) is 0.620. The number of hydrogen-bond acceptors (Lipinski definition) is 8. The second kappa shape index (κ2) is 9.17. The van der Waals surface area contributed by atoms with Gasteiger partial charge in [-0.3, -0.25) is 9.69 Å². The molecule has 29 heavy (non-hydrogen) atoms. The van der Waals surface area contributed by atoms with Crippen LogP contribution in [-0.4, -0.2) is 67.2 Å². The molecule has 0 atom stereocenters. The number of carbonyl (C=O) groups excluding carboxylic acids is 1. The Kier molecular flexibility index (Phi) is 6.39. The van der Waals surface area contributed by atoms with Crippen LogP contribution in [0.5, 0.6) is 0 Å². The van der Waals surface area contributed by atoms with Crippen LogP contribution in [0.1, 0.15) is 12.7 Å². The number of fused-ring (bicyclic) bond motifs is 1. The van der Waals surface area contributed by atoms with Gasteiger partial charge in [0.25, 0.3) is 0 Å². The number of thiophene rings is 2. The summed E-state index contributed by atoms with van der Waals surface area (Å²) in [5, 5.41) is 8.11. The third-order valence-electron chi connectivity index (χ3n) is 4.83. The summed E-state index contributed by atoms with van der Waals surface area (Å²) >= 11 is 3.34. The Balaban J connectivity index is 1.72. The Hall–Kier alpha value is -2.07. The van der Waals surface area contributed by atoms with Crippen molar-refractivity contribution in [3.63, 3.8) is 0 Å².